The first-order valence-electron chi connectivity index (χ1n) is 8.14. The first kappa shape index (κ1) is 15.6. The summed E-state index contributed by atoms with van der Waals surface area (Å²) >= 11 is 0. The van der Waals surface area contributed by atoms with Gasteiger partial charge in [-0.05, 0) is 49.6 Å². The summed E-state index contributed by atoms with van der Waals surface area (Å²) in [5.41, 5.74) is 9.31. The highest BCUT2D eigenvalue weighted by Crippen LogP contribution is 2.30. The quantitative estimate of drug-likeness (QED) is 0.714. The highest BCUT2D eigenvalue weighted by molar-refractivity contribution is 5.83. The van der Waals surface area contributed by atoms with Crippen molar-refractivity contribution in [2.24, 2.45) is 5.73 Å². The molecular weight excluding hydrogens is 286 g/mol. The molecule has 3 heteroatoms. The van der Waals surface area contributed by atoms with Gasteiger partial charge in [0.1, 0.15) is 17.1 Å². The van der Waals surface area contributed by atoms with Crippen molar-refractivity contribution in [2.45, 2.75) is 25.7 Å². The Hall–Kier alpha value is -2.26. The van der Waals surface area contributed by atoms with Crippen LogP contribution in [0.3, 0.4) is 0 Å². The van der Waals surface area contributed by atoms with E-state index in [4.69, 9.17) is 14.9 Å². The Kier molecular flexibility index (Phi) is 4.99. The Balaban J connectivity index is 1.80. The van der Waals surface area contributed by atoms with Crippen LogP contribution in [0.4, 0.5) is 0 Å². The van der Waals surface area contributed by atoms with E-state index < -0.39 is 0 Å². The average molecular weight is 309 g/mol. The van der Waals surface area contributed by atoms with Crippen LogP contribution >= 0.6 is 0 Å². The maximum absolute atomic E-state index is 6.08. The third kappa shape index (κ3) is 3.57. The van der Waals surface area contributed by atoms with Crippen molar-refractivity contribution in [1.82, 2.24) is 0 Å². The van der Waals surface area contributed by atoms with Crippen molar-refractivity contribution in [1.29, 1.82) is 0 Å². The van der Waals surface area contributed by atoms with E-state index in [9.17, 15) is 0 Å². The zero-order chi connectivity index (χ0) is 16.1. The minimum Gasteiger partial charge on any atom is -0.497 e. The number of fused-ring (bicyclic) bond motifs is 1. The van der Waals surface area contributed by atoms with Crippen LogP contribution in [-0.2, 0) is 19.3 Å². The molecule has 3 rings (SSSR count). The summed E-state index contributed by atoms with van der Waals surface area (Å²) in [6, 6.07) is 16.5. The first-order chi connectivity index (χ1) is 11.3. The topological polar surface area (TPSA) is 48.4 Å². The van der Waals surface area contributed by atoms with E-state index in [-0.39, 0.29) is 0 Å². The number of aryl methyl sites for hydroxylation is 2. The maximum Gasteiger partial charge on any atom is 0.134 e. The fourth-order valence-corrected chi connectivity index (χ4v) is 3.02. The molecule has 0 radical (unpaired) electrons. The van der Waals surface area contributed by atoms with Gasteiger partial charge in [-0.2, -0.15) is 0 Å². The van der Waals surface area contributed by atoms with E-state index in [2.05, 4.69) is 30.3 Å². The predicted octanol–water partition coefficient (Wildman–Crippen LogP) is 4.12. The lowest BCUT2D eigenvalue weighted by molar-refractivity contribution is 0.415. The second-order valence-corrected chi connectivity index (χ2v) is 5.74. The van der Waals surface area contributed by atoms with Crippen LogP contribution < -0.4 is 10.5 Å². The maximum atomic E-state index is 6.08. The molecule has 1 heterocycles. The second-order valence-electron chi connectivity index (χ2n) is 5.74. The van der Waals surface area contributed by atoms with Crippen molar-refractivity contribution >= 4 is 11.0 Å². The van der Waals surface area contributed by atoms with Gasteiger partial charge in [0.2, 0.25) is 0 Å². The highest BCUT2D eigenvalue weighted by Gasteiger charge is 2.14. The van der Waals surface area contributed by atoms with Crippen LogP contribution in [0.1, 0.15) is 23.3 Å². The van der Waals surface area contributed by atoms with Gasteiger partial charge in [-0.1, -0.05) is 30.3 Å². The normalized spacial score (nSPS) is 11.0. The second kappa shape index (κ2) is 7.34. The number of hydrogen-bond acceptors (Lipinski definition) is 3. The van der Waals surface area contributed by atoms with Gasteiger partial charge < -0.3 is 14.9 Å². The van der Waals surface area contributed by atoms with Crippen LogP contribution in [0, 0.1) is 0 Å². The van der Waals surface area contributed by atoms with Crippen molar-refractivity contribution in [3.05, 3.63) is 65.4 Å². The van der Waals surface area contributed by atoms with E-state index in [0.29, 0.717) is 6.54 Å². The summed E-state index contributed by atoms with van der Waals surface area (Å²) in [4.78, 5) is 0. The van der Waals surface area contributed by atoms with E-state index in [1.54, 1.807) is 7.11 Å². The molecule has 0 saturated heterocycles. The van der Waals surface area contributed by atoms with Gasteiger partial charge in [0, 0.05) is 17.4 Å². The molecular formula is C20H23NO2. The number of furan rings is 1. The molecule has 23 heavy (non-hydrogen) atoms. The molecule has 2 N–H and O–H groups in total. The van der Waals surface area contributed by atoms with E-state index in [1.165, 1.54) is 11.1 Å². The van der Waals surface area contributed by atoms with Gasteiger partial charge in [0.15, 0.2) is 0 Å². The molecule has 120 valence electrons. The molecule has 2 aromatic carbocycles. The molecule has 0 unspecified atom stereocenters. The molecule has 3 aromatic rings. The lowest BCUT2D eigenvalue weighted by Gasteiger charge is -2.03. The molecule has 0 saturated carbocycles. The Morgan fingerprint density at radius 2 is 1.83 bits per heavy atom. The largest absolute Gasteiger partial charge is 0.497 e. The predicted molar refractivity (Wildman–Crippen MR) is 94.0 cm³/mol. The molecule has 0 aliphatic carbocycles. The summed E-state index contributed by atoms with van der Waals surface area (Å²) in [7, 11) is 1.69. The molecule has 0 aliphatic rings. The Labute approximate surface area is 137 Å². The van der Waals surface area contributed by atoms with Gasteiger partial charge >= 0.3 is 0 Å². The highest BCUT2D eigenvalue weighted by atomic mass is 16.5. The lowest BCUT2D eigenvalue weighted by Crippen LogP contribution is -2.04. The third-order valence-corrected chi connectivity index (χ3v) is 4.19. The lowest BCUT2D eigenvalue weighted by atomic mass is 10.0. The Bertz CT molecular complexity index is 762. The molecule has 0 atom stereocenters. The van der Waals surface area contributed by atoms with Crippen molar-refractivity contribution in [3.63, 3.8) is 0 Å². The summed E-state index contributed by atoms with van der Waals surface area (Å²) in [6.45, 7) is 0.623. The standard InChI is InChI=1S/C20H23NO2/c1-22-16-10-11-20-18(14-16)17(12-13-21)19(23-20)9-5-8-15-6-3-2-4-7-15/h2-4,6-7,10-11,14H,5,8-9,12-13,21H2,1H3. The number of ether oxygens (including phenoxy) is 1. The minimum atomic E-state index is 0.623. The third-order valence-electron chi connectivity index (χ3n) is 4.19. The summed E-state index contributed by atoms with van der Waals surface area (Å²) < 4.78 is 11.4. The summed E-state index contributed by atoms with van der Waals surface area (Å²) in [5.74, 6) is 1.92. The van der Waals surface area contributed by atoms with Crippen LogP contribution in [0.15, 0.2) is 52.9 Å². The SMILES string of the molecule is COc1ccc2oc(CCCc3ccccc3)c(CCN)c2c1. The number of methoxy groups -OCH3 is 1. The zero-order valence-electron chi connectivity index (χ0n) is 13.5. The fraction of sp³-hybridized carbons (Fsp3) is 0.300. The average Bonchev–Trinajstić information content (AvgIpc) is 2.93. The molecule has 0 spiro atoms. The minimum absolute atomic E-state index is 0.623. The number of rotatable bonds is 7. The Morgan fingerprint density at radius 1 is 1.00 bits per heavy atom. The van der Waals surface area contributed by atoms with Gasteiger partial charge in [-0.3, -0.25) is 0 Å². The van der Waals surface area contributed by atoms with Crippen molar-refractivity contribution < 1.29 is 9.15 Å². The van der Waals surface area contributed by atoms with Crippen molar-refractivity contribution in [3.8, 4) is 5.75 Å². The number of nitrogens with two attached hydrogens (primary N) is 1. The molecule has 0 amide bonds. The number of hydrogen-bond donors (Lipinski definition) is 1. The van der Waals surface area contributed by atoms with Gasteiger partial charge in [-0.15, -0.1) is 0 Å². The van der Waals surface area contributed by atoms with Gasteiger partial charge in [0.05, 0.1) is 7.11 Å². The first-order valence-corrected chi connectivity index (χ1v) is 8.14. The summed E-state index contributed by atoms with van der Waals surface area (Å²) in [5, 5.41) is 1.13. The van der Waals surface area contributed by atoms with Crippen molar-refractivity contribution in [2.75, 3.05) is 13.7 Å². The van der Waals surface area contributed by atoms with Crippen LogP contribution in [0.25, 0.3) is 11.0 Å². The van der Waals surface area contributed by atoms with Gasteiger partial charge in [-0.25, -0.2) is 0 Å². The fourth-order valence-electron chi connectivity index (χ4n) is 3.02. The molecule has 3 nitrogen and oxygen atoms in total. The van der Waals surface area contributed by atoms with E-state index in [0.717, 1.165) is 48.2 Å². The zero-order valence-corrected chi connectivity index (χ0v) is 13.5. The van der Waals surface area contributed by atoms with E-state index in [1.807, 2.05) is 18.2 Å². The molecule has 0 fully saturated rings. The summed E-state index contributed by atoms with van der Waals surface area (Å²) in [6.07, 6.45) is 3.89. The number of benzene rings is 2. The molecule has 0 bridgehead atoms. The van der Waals surface area contributed by atoms with Gasteiger partial charge in [0.25, 0.3) is 0 Å². The molecule has 1 aromatic heterocycles. The van der Waals surface area contributed by atoms with Crippen LogP contribution in [-0.4, -0.2) is 13.7 Å². The monoisotopic (exact) mass is 309 g/mol. The molecule has 0 aliphatic heterocycles. The smallest absolute Gasteiger partial charge is 0.134 e. The van der Waals surface area contributed by atoms with Crippen LogP contribution in [0.2, 0.25) is 0 Å². The van der Waals surface area contributed by atoms with E-state index >= 15 is 0 Å². The van der Waals surface area contributed by atoms with Crippen LogP contribution in [0.5, 0.6) is 5.75 Å². The Morgan fingerprint density at radius 3 is 2.57 bits per heavy atom.